The van der Waals surface area contributed by atoms with Crippen LogP contribution in [0.4, 0.5) is 17.6 Å². The Bertz CT molecular complexity index is 1330. The molecule has 5 rings (SSSR count). The average molecular weight is 485 g/mol. The summed E-state index contributed by atoms with van der Waals surface area (Å²) in [7, 11) is 0. The molecule has 1 aliphatic heterocycles. The van der Waals surface area contributed by atoms with E-state index in [1.54, 1.807) is 23.1 Å². The number of rotatable bonds is 4. The Morgan fingerprint density at radius 3 is 2.46 bits per heavy atom. The van der Waals surface area contributed by atoms with Gasteiger partial charge < -0.3 is 9.32 Å². The molecule has 0 spiro atoms. The maximum absolute atomic E-state index is 13.2. The maximum atomic E-state index is 13.2. The Morgan fingerprint density at radius 2 is 1.74 bits per heavy atom. The normalized spacial score (nSPS) is 16.5. The summed E-state index contributed by atoms with van der Waals surface area (Å²) in [5.74, 6) is -0.355. The molecule has 0 radical (unpaired) electrons. The lowest BCUT2D eigenvalue weighted by atomic mass is 9.97. The van der Waals surface area contributed by atoms with E-state index in [2.05, 4.69) is 20.4 Å². The molecule has 2 aromatic carbocycles. The Kier molecular flexibility index (Phi) is 5.83. The van der Waals surface area contributed by atoms with Gasteiger partial charge in [0.15, 0.2) is 0 Å². The summed E-state index contributed by atoms with van der Waals surface area (Å²) in [6.07, 6.45) is -2.99. The second kappa shape index (κ2) is 8.97. The van der Waals surface area contributed by atoms with Crippen molar-refractivity contribution in [3.63, 3.8) is 0 Å². The van der Waals surface area contributed by atoms with E-state index in [-0.39, 0.29) is 23.5 Å². The number of aromatic nitrogens is 4. The van der Waals surface area contributed by atoms with Crippen molar-refractivity contribution in [1.82, 2.24) is 25.3 Å². The van der Waals surface area contributed by atoms with Gasteiger partial charge in [-0.25, -0.2) is 4.39 Å². The number of carbonyl (C=O) groups excluding carboxylic acids is 1. The molecular formula is C24H19F4N5O2. The minimum Gasteiger partial charge on any atom is -0.420 e. The average Bonchev–Trinajstić information content (AvgIpc) is 3.54. The molecule has 1 fully saturated rings. The van der Waals surface area contributed by atoms with Crippen molar-refractivity contribution in [2.75, 3.05) is 13.1 Å². The molecule has 7 nitrogen and oxygen atoms in total. The zero-order valence-electron chi connectivity index (χ0n) is 18.2. The number of hydrogen-bond acceptors (Lipinski definition) is 5. The lowest BCUT2D eigenvalue weighted by Crippen LogP contribution is -2.39. The molecule has 4 aromatic rings. The second-order valence-electron chi connectivity index (χ2n) is 8.28. The van der Waals surface area contributed by atoms with E-state index in [0.29, 0.717) is 47.9 Å². The van der Waals surface area contributed by atoms with E-state index in [1.807, 2.05) is 0 Å². The van der Waals surface area contributed by atoms with Crippen LogP contribution in [0.1, 0.15) is 40.7 Å². The van der Waals surface area contributed by atoms with Gasteiger partial charge in [0.1, 0.15) is 11.5 Å². The molecule has 3 heterocycles. The lowest BCUT2D eigenvalue weighted by Gasteiger charge is -2.30. The minimum absolute atomic E-state index is 0.120. The van der Waals surface area contributed by atoms with Gasteiger partial charge in [0, 0.05) is 24.2 Å². The molecule has 0 aliphatic carbocycles. The third-order valence-corrected chi connectivity index (χ3v) is 5.91. The molecule has 1 aliphatic rings. The number of alkyl halides is 3. The number of halogens is 4. The Labute approximate surface area is 196 Å². The second-order valence-corrected chi connectivity index (χ2v) is 8.28. The fraction of sp³-hybridized carbons (Fsp3) is 0.250. The molecule has 1 atom stereocenters. The number of amides is 1. The molecule has 1 amide bonds. The Hall–Kier alpha value is -4.02. The first-order valence-corrected chi connectivity index (χ1v) is 10.9. The first-order chi connectivity index (χ1) is 16.8. The number of piperidine rings is 1. The molecule has 2 aromatic heterocycles. The first-order valence-electron chi connectivity index (χ1n) is 10.9. The Balaban J connectivity index is 1.28. The molecule has 35 heavy (non-hydrogen) atoms. The van der Waals surface area contributed by atoms with Crippen molar-refractivity contribution in [3.05, 3.63) is 77.6 Å². The van der Waals surface area contributed by atoms with Crippen LogP contribution in [-0.2, 0) is 6.18 Å². The number of nitrogens with zero attached hydrogens (tertiary/aromatic N) is 4. The number of hydrogen-bond donors (Lipinski definition) is 1. The van der Waals surface area contributed by atoms with Gasteiger partial charge in [-0.15, -0.1) is 10.2 Å². The fourth-order valence-electron chi connectivity index (χ4n) is 4.05. The highest BCUT2D eigenvalue weighted by molar-refractivity contribution is 5.93. The number of benzene rings is 2. The summed E-state index contributed by atoms with van der Waals surface area (Å²) in [6, 6.07) is 11.9. The quantitative estimate of drug-likeness (QED) is 0.396. The number of carbonyl (C=O) groups is 1. The summed E-state index contributed by atoms with van der Waals surface area (Å²) >= 11 is 0. The van der Waals surface area contributed by atoms with Crippen molar-refractivity contribution in [1.29, 1.82) is 0 Å². The van der Waals surface area contributed by atoms with Crippen LogP contribution in [0.3, 0.4) is 0 Å². The summed E-state index contributed by atoms with van der Waals surface area (Å²) in [6.45, 7) is 0.887. The SMILES string of the molecule is O=C(c1cc(-c2ccc(F)cc2)n[nH]1)N1CCCC(c2nnc(-c3ccc(C(F)(F)F)cc3)o2)C1. The first kappa shape index (κ1) is 22.8. The summed E-state index contributed by atoms with van der Waals surface area (Å²) in [5.41, 5.74) is 1.14. The highest BCUT2D eigenvalue weighted by Gasteiger charge is 2.31. The van der Waals surface area contributed by atoms with Crippen LogP contribution in [0.25, 0.3) is 22.7 Å². The van der Waals surface area contributed by atoms with Crippen LogP contribution in [0.15, 0.2) is 59.0 Å². The highest BCUT2D eigenvalue weighted by atomic mass is 19.4. The minimum atomic E-state index is -4.43. The van der Waals surface area contributed by atoms with E-state index in [0.717, 1.165) is 18.6 Å². The predicted octanol–water partition coefficient (Wildman–Crippen LogP) is 5.30. The number of aromatic amines is 1. The van der Waals surface area contributed by atoms with Gasteiger partial charge in [0.05, 0.1) is 17.2 Å². The third kappa shape index (κ3) is 4.79. The fourth-order valence-corrected chi connectivity index (χ4v) is 4.05. The van der Waals surface area contributed by atoms with Gasteiger partial charge in [-0.3, -0.25) is 9.89 Å². The monoisotopic (exact) mass is 485 g/mol. The van der Waals surface area contributed by atoms with Crippen LogP contribution >= 0.6 is 0 Å². The van der Waals surface area contributed by atoms with Crippen molar-refractivity contribution in [2.45, 2.75) is 24.9 Å². The van der Waals surface area contributed by atoms with Crippen molar-refractivity contribution in [2.24, 2.45) is 0 Å². The van der Waals surface area contributed by atoms with Crippen LogP contribution in [0.5, 0.6) is 0 Å². The van der Waals surface area contributed by atoms with Crippen LogP contribution in [0.2, 0.25) is 0 Å². The van der Waals surface area contributed by atoms with E-state index in [1.165, 1.54) is 24.3 Å². The number of nitrogens with one attached hydrogen (secondary N) is 1. The van der Waals surface area contributed by atoms with E-state index in [4.69, 9.17) is 4.42 Å². The standard InChI is InChI=1S/C24H19F4N5O2/c25-18-9-5-14(6-10-18)19-12-20(30-29-19)23(34)33-11-1-2-16(13-33)22-32-31-21(35-22)15-3-7-17(8-4-15)24(26,27)28/h3-10,12,16H,1-2,11,13H2,(H,29,30). The van der Waals surface area contributed by atoms with Crippen LogP contribution < -0.4 is 0 Å². The van der Waals surface area contributed by atoms with Crippen LogP contribution in [0, 0.1) is 5.82 Å². The number of likely N-dealkylation sites (tertiary alicyclic amines) is 1. The smallest absolute Gasteiger partial charge is 0.416 e. The van der Waals surface area contributed by atoms with Gasteiger partial charge >= 0.3 is 6.18 Å². The van der Waals surface area contributed by atoms with E-state index in [9.17, 15) is 22.4 Å². The van der Waals surface area contributed by atoms with Crippen molar-refractivity contribution < 1.29 is 26.8 Å². The van der Waals surface area contributed by atoms with E-state index >= 15 is 0 Å². The molecule has 1 unspecified atom stereocenters. The van der Waals surface area contributed by atoms with Gasteiger partial charge in [0.25, 0.3) is 5.91 Å². The molecule has 180 valence electrons. The molecule has 0 saturated carbocycles. The predicted molar refractivity (Wildman–Crippen MR) is 117 cm³/mol. The molecular weight excluding hydrogens is 466 g/mol. The van der Waals surface area contributed by atoms with Crippen molar-refractivity contribution in [3.8, 4) is 22.7 Å². The van der Waals surface area contributed by atoms with E-state index < -0.39 is 11.7 Å². The Morgan fingerprint density at radius 1 is 1.03 bits per heavy atom. The zero-order valence-corrected chi connectivity index (χ0v) is 18.2. The van der Waals surface area contributed by atoms with Gasteiger partial charge in [0.2, 0.25) is 11.8 Å². The summed E-state index contributed by atoms with van der Waals surface area (Å²) in [5, 5.41) is 15.0. The summed E-state index contributed by atoms with van der Waals surface area (Å²) < 4.78 is 57.3. The number of H-pyrrole nitrogens is 1. The molecule has 1 saturated heterocycles. The maximum Gasteiger partial charge on any atom is 0.416 e. The van der Waals surface area contributed by atoms with Crippen LogP contribution in [-0.4, -0.2) is 44.3 Å². The van der Waals surface area contributed by atoms with Gasteiger partial charge in [-0.1, -0.05) is 0 Å². The molecule has 1 N–H and O–H groups in total. The van der Waals surface area contributed by atoms with Gasteiger partial charge in [-0.05, 0) is 67.4 Å². The lowest BCUT2D eigenvalue weighted by molar-refractivity contribution is -0.137. The molecule has 0 bridgehead atoms. The largest absolute Gasteiger partial charge is 0.420 e. The van der Waals surface area contributed by atoms with Crippen molar-refractivity contribution >= 4 is 5.91 Å². The third-order valence-electron chi connectivity index (χ3n) is 5.91. The van der Waals surface area contributed by atoms with Gasteiger partial charge in [-0.2, -0.15) is 18.3 Å². The summed E-state index contributed by atoms with van der Waals surface area (Å²) in [4.78, 5) is 14.7. The zero-order chi connectivity index (χ0) is 24.6. The molecule has 11 heteroatoms. The topological polar surface area (TPSA) is 87.9 Å². The highest BCUT2D eigenvalue weighted by Crippen LogP contribution is 2.32.